The van der Waals surface area contributed by atoms with Crippen LogP contribution in [0.1, 0.15) is 56.5 Å². The second-order valence-electron chi connectivity index (χ2n) is 4.77. The third kappa shape index (κ3) is 2.07. The SMILES string of the molecule is CC(C)n1nc(CCN)cc1C1CCC1. The van der Waals surface area contributed by atoms with Crippen LogP contribution < -0.4 is 5.73 Å². The predicted molar refractivity (Wildman–Crippen MR) is 62.0 cm³/mol. The van der Waals surface area contributed by atoms with Crippen LogP contribution in [0.25, 0.3) is 0 Å². The molecular formula is C12H21N3. The molecule has 0 bridgehead atoms. The second-order valence-corrected chi connectivity index (χ2v) is 4.77. The van der Waals surface area contributed by atoms with Crippen molar-refractivity contribution in [2.45, 2.75) is 51.5 Å². The number of hydrogen-bond donors (Lipinski definition) is 1. The van der Waals surface area contributed by atoms with E-state index in [1.165, 1.54) is 25.0 Å². The standard InChI is InChI=1S/C12H21N3/c1-9(2)15-12(10-4-3-5-10)8-11(14-15)6-7-13/h8-10H,3-7,13H2,1-2H3. The molecular weight excluding hydrogens is 186 g/mol. The highest BCUT2D eigenvalue weighted by atomic mass is 15.3. The zero-order valence-corrected chi connectivity index (χ0v) is 9.74. The molecule has 15 heavy (non-hydrogen) atoms. The normalized spacial score (nSPS) is 17.1. The van der Waals surface area contributed by atoms with Gasteiger partial charge in [-0.05, 0) is 39.3 Å². The summed E-state index contributed by atoms with van der Waals surface area (Å²) in [6.45, 7) is 5.09. The molecule has 1 fully saturated rings. The Morgan fingerprint density at radius 3 is 2.73 bits per heavy atom. The maximum Gasteiger partial charge on any atom is 0.0640 e. The van der Waals surface area contributed by atoms with E-state index in [2.05, 4.69) is 29.7 Å². The molecule has 0 amide bonds. The lowest BCUT2D eigenvalue weighted by atomic mass is 9.82. The summed E-state index contributed by atoms with van der Waals surface area (Å²) in [6, 6.07) is 2.73. The van der Waals surface area contributed by atoms with Gasteiger partial charge >= 0.3 is 0 Å². The lowest BCUT2D eigenvalue weighted by molar-refractivity contribution is 0.375. The van der Waals surface area contributed by atoms with Crippen LogP contribution in [0.4, 0.5) is 0 Å². The number of hydrogen-bond acceptors (Lipinski definition) is 2. The van der Waals surface area contributed by atoms with Gasteiger partial charge in [0.1, 0.15) is 0 Å². The van der Waals surface area contributed by atoms with Crippen molar-refractivity contribution in [3.63, 3.8) is 0 Å². The highest BCUT2D eigenvalue weighted by molar-refractivity contribution is 5.18. The molecule has 1 aliphatic rings. The van der Waals surface area contributed by atoms with Crippen molar-refractivity contribution in [2.75, 3.05) is 6.54 Å². The molecule has 2 rings (SSSR count). The van der Waals surface area contributed by atoms with Gasteiger partial charge in [0.05, 0.1) is 5.69 Å². The van der Waals surface area contributed by atoms with Gasteiger partial charge in [-0.2, -0.15) is 5.10 Å². The van der Waals surface area contributed by atoms with E-state index in [1.807, 2.05) is 0 Å². The molecule has 0 unspecified atom stereocenters. The first-order valence-corrected chi connectivity index (χ1v) is 6.00. The Balaban J connectivity index is 2.24. The summed E-state index contributed by atoms with van der Waals surface area (Å²) < 4.78 is 2.19. The highest BCUT2D eigenvalue weighted by Gasteiger charge is 2.24. The van der Waals surface area contributed by atoms with Crippen molar-refractivity contribution in [1.29, 1.82) is 0 Å². The molecule has 84 valence electrons. The zero-order valence-electron chi connectivity index (χ0n) is 9.74. The molecule has 1 aliphatic carbocycles. The highest BCUT2D eigenvalue weighted by Crippen LogP contribution is 2.37. The molecule has 0 radical (unpaired) electrons. The van der Waals surface area contributed by atoms with E-state index in [4.69, 9.17) is 5.73 Å². The first-order chi connectivity index (χ1) is 7.22. The Bertz CT molecular complexity index is 324. The first kappa shape index (κ1) is 10.7. The molecule has 0 atom stereocenters. The van der Waals surface area contributed by atoms with Crippen LogP contribution in [-0.2, 0) is 6.42 Å². The molecule has 1 aromatic rings. The van der Waals surface area contributed by atoms with Crippen molar-refractivity contribution in [3.8, 4) is 0 Å². The molecule has 1 heterocycles. The lowest BCUT2D eigenvalue weighted by Crippen LogP contribution is -2.16. The van der Waals surface area contributed by atoms with Gasteiger partial charge in [-0.3, -0.25) is 4.68 Å². The topological polar surface area (TPSA) is 43.8 Å². The molecule has 0 spiro atoms. The van der Waals surface area contributed by atoms with Gasteiger partial charge in [0.25, 0.3) is 0 Å². The first-order valence-electron chi connectivity index (χ1n) is 6.00. The van der Waals surface area contributed by atoms with Crippen molar-refractivity contribution in [3.05, 3.63) is 17.5 Å². The summed E-state index contributed by atoms with van der Waals surface area (Å²) in [7, 11) is 0. The van der Waals surface area contributed by atoms with Gasteiger partial charge in [-0.15, -0.1) is 0 Å². The van der Waals surface area contributed by atoms with Crippen LogP contribution in [0.3, 0.4) is 0 Å². The summed E-state index contributed by atoms with van der Waals surface area (Å²) in [5.41, 5.74) is 8.16. The lowest BCUT2D eigenvalue weighted by Gasteiger charge is -2.27. The van der Waals surface area contributed by atoms with Crippen LogP contribution in [0, 0.1) is 0 Å². The van der Waals surface area contributed by atoms with E-state index >= 15 is 0 Å². The fraction of sp³-hybridized carbons (Fsp3) is 0.750. The van der Waals surface area contributed by atoms with Crippen LogP contribution in [0.5, 0.6) is 0 Å². The maximum absolute atomic E-state index is 5.57. The van der Waals surface area contributed by atoms with Crippen molar-refractivity contribution in [1.82, 2.24) is 9.78 Å². The predicted octanol–water partition coefficient (Wildman–Crippen LogP) is 2.23. The van der Waals surface area contributed by atoms with Gasteiger partial charge in [-0.25, -0.2) is 0 Å². The van der Waals surface area contributed by atoms with E-state index in [-0.39, 0.29) is 0 Å². The third-order valence-electron chi connectivity index (χ3n) is 3.23. The summed E-state index contributed by atoms with van der Waals surface area (Å²) in [4.78, 5) is 0. The Morgan fingerprint density at radius 1 is 1.53 bits per heavy atom. The third-order valence-corrected chi connectivity index (χ3v) is 3.23. The number of nitrogens with two attached hydrogens (primary N) is 1. The Labute approximate surface area is 91.7 Å². The average Bonchev–Trinajstić information content (AvgIpc) is 2.46. The van der Waals surface area contributed by atoms with Crippen LogP contribution in [0.15, 0.2) is 6.07 Å². The summed E-state index contributed by atoms with van der Waals surface area (Å²) in [5, 5.41) is 4.64. The summed E-state index contributed by atoms with van der Waals surface area (Å²) in [5.74, 6) is 0.756. The van der Waals surface area contributed by atoms with E-state index in [1.54, 1.807) is 0 Å². The minimum atomic E-state index is 0.465. The molecule has 2 N–H and O–H groups in total. The van der Waals surface area contributed by atoms with Crippen molar-refractivity contribution in [2.24, 2.45) is 5.73 Å². The molecule has 0 aromatic carbocycles. The minimum absolute atomic E-state index is 0.465. The van der Waals surface area contributed by atoms with E-state index in [9.17, 15) is 0 Å². The van der Waals surface area contributed by atoms with E-state index in [0.717, 1.165) is 18.0 Å². The second kappa shape index (κ2) is 4.35. The minimum Gasteiger partial charge on any atom is -0.330 e. The Hall–Kier alpha value is -0.830. The quantitative estimate of drug-likeness (QED) is 0.822. The van der Waals surface area contributed by atoms with E-state index < -0.39 is 0 Å². The number of nitrogens with zero attached hydrogens (tertiary/aromatic N) is 2. The average molecular weight is 207 g/mol. The number of rotatable bonds is 4. The van der Waals surface area contributed by atoms with Gasteiger partial charge in [0.15, 0.2) is 0 Å². The maximum atomic E-state index is 5.57. The Kier molecular flexibility index (Phi) is 3.10. The molecule has 0 aliphatic heterocycles. The fourth-order valence-electron chi connectivity index (χ4n) is 2.15. The van der Waals surface area contributed by atoms with E-state index in [0.29, 0.717) is 12.6 Å². The number of aromatic nitrogens is 2. The molecule has 0 saturated heterocycles. The van der Waals surface area contributed by atoms with Gasteiger partial charge in [0, 0.05) is 24.1 Å². The fourth-order valence-corrected chi connectivity index (χ4v) is 2.15. The van der Waals surface area contributed by atoms with Gasteiger partial charge < -0.3 is 5.73 Å². The summed E-state index contributed by atoms with van der Waals surface area (Å²) >= 11 is 0. The van der Waals surface area contributed by atoms with Gasteiger partial charge in [0.2, 0.25) is 0 Å². The smallest absolute Gasteiger partial charge is 0.0640 e. The largest absolute Gasteiger partial charge is 0.330 e. The summed E-state index contributed by atoms with van der Waals surface area (Å²) in [6.07, 6.45) is 4.95. The van der Waals surface area contributed by atoms with Gasteiger partial charge in [-0.1, -0.05) is 6.42 Å². The van der Waals surface area contributed by atoms with Crippen molar-refractivity contribution < 1.29 is 0 Å². The van der Waals surface area contributed by atoms with Crippen LogP contribution in [-0.4, -0.2) is 16.3 Å². The molecule has 3 heteroatoms. The molecule has 1 saturated carbocycles. The van der Waals surface area contributed by atoms with Crippen molar-refractivity contribution >= 4 is 0 Å². The van der Waals surface area contributed by atoms with Crippen LogP contribution in [0.2, 0.25) is 0 Å². The van der Waals surface area contributed by atoms with Crippen LogP contribution >= 0.6 is 0 Å². The molecule has 1 aromatic heterocycles. The monoisotopic (exact) mass is 207 g/mol. The Morgan fingerprint density at radius 2 is 2.27 bits per heavy atom. The zero-order chi connectivity index (χ0) is 10.8. The molecule has 3 nitrogen and oxygen atoms in total.